The van der Waals surface area contributed by atoms with Crippen molar-refractivity contribution in [3.63, 3.8) is 0 Å². The number of amides is 1. The van der Waals surface area contributed by atoms with E-state index in [1.807, 2.05) is 24.3 Å². The highest BCUT2D eigenvalue weighted by Crippen LogP contribution is 2.17. The van der Waals surface area contributed by atoms with Gasteiger partial charge in [-0.1, -0.05) is 6.07 Å². The van der Waals surface area contributed by atoms with E-state index in [9.17, 15) is 4.79 Å². The summed E-state index contributed by atoms with van der Waals surface area (Å²) >= 11 is 0. The fourth-order valence-corrected chi connectivity index (χ4v) is 2.93. The van der Waals surface area contributed by atoms with Crippen molar-refractivity contribution >= 4 is 5.91 Å². The minimum absolute atomic E-state index is 0.0190. The second-order valence-corrected chi connectivity index (χ2v) is 5.97. The van der Waals surface area contributed by atoms with Crippen molar-refractivity contribution in [2.75, 3.05) is 26.3 Å². The van der Waals surface area contributed by atoms with Crippen molar-refractivity contribution in [2.45, 2.75) is 37.8 Å². The molecular formula is C17H24N2O3. The smallest absolute Gasteiger partial charge is 0.251 e. The predicted octanol–water partition coefficient (Wildman–Crippen LogP) is 1.73. The lowest BCUT2D eigenvalue weighted by atomic mass is 10.1. The van der Waals surface area contributed by atoms with E-state index >= 15 is 0 Å². The number of nitrogens with one attached hydrogen (secondary N) is 2. The van der Waals surface area contributed by atoms with Crippen molar-refractivity contribution in [3.05, 3.63) is 29.8 Å². The molecule has 2 heterocycles. The molecule has 2 saturated heterocycles. The minimum Gasteiger partial charge on any atom is -0.491 e. The van der Waals surface area contributed by atoms with Crippen molar-refractivity contribution in [1.29, 1.82) is 0 Å². The van der Waals surface area contributed by atoms with Crippen molar-refractivity contribution < 1.29 is 14.3 Å². The maximum Gasteiger partial charge on any atom is 0.251 e. The SMILES string of the molecule is O=C(NC1CCNCC1)c1cccc(OCC2CCCO2)c1. The van der Waals surface area contributed by atoms with Crippen LogP contribution in [-0.4, -0.2) is 44.4 Å². The van der Waals surface area contributed by atoms with Crippen molar-refractivity contribution in [1.82, 2.24) is 10.6 Å². The number of benzene rings is 1. The molecule has 0 spiro atoms. The van der Waals surface area contributed by atoms with Crippen LogP contribution in [0.4, 0.5) is 0 Å². The van der Waals surface area contributed by atoms with Gasteiger partial charge in [0.25, 0.3) is 5.91 Å². The summed E-state index contributed by atoms with van der Waals surface area (Å²) in [6, 6.07) is 7.66. The molecule has 2 aliphatic rings. The van der Waals surface area contributed by atoms with E-state index in [1.54, 1.807) is 0 Å². The number of piperidine rings is 1. The van der Waals surface area contributed by atoms with Gasteiger partial charge in [0.15, 0.2) is 0 Å². The third-order valence-corrected chi connectivity index (χ3v) is 4.23. The molecule has 0 saturated carbocycles. The minimum atomic E-state index is -0.0190. The van der Waals surface area contributed by atoms with Crippen LogP contribution in [0.25, 0.3) is 0 Å². The van der Waals surface area contributed by atoms with Gasteiger partial charge in [-0.2, -0.15) is 0 Å². The Labute approximate surface area is 131 Å². The van der Waals surface area contributed by atoms with Crippen LogP contribution in [0.15, 0.2) is 24.3 Å². The Morgan fingerprint density at radius 3 is 2.95 bits per heavy atom. The molecular weight excluding hydrogens is 280 g/mol. The molecule has 22 heavy (non-hydrogen) atoms. The molecule has 0 aromatic heterocycles. The van der Waals surface area contributed by atoms with E-state index in [0.29, 0.717) is 12.2 Å². The van der Waals surface area contributed by atoms with Crippen LogP contribution < -0.4 is 15.4 Å². The summed E-state index contributed by atoms with van der Waals surface area (Å²) in [5.41, 5.74) is 0.656. The Kier molecular flexibility index (Phi) is 5.29. The Balaban J connectivity index is 1.53. The molecule has 1 aromatic carbocycles. The first-order chi connectivity index (χ1) is 10.8. The number of hydrogen-bond acceptors (Lipinski definition) is 4. The van der Waals surface area contributed by atoms with E-state index in [2.05, 4.69) is 10.6 Å². The molecule has 5 heteroatoms. The van der Waals surface area contributed by atoms with Gasteiger partial charge >= 0.3 is 0 Å². The monoisotopic (exact) mass is 304 g/mol. The average Bonchev–Trinajstić information content (AvgIpc) is 3.08. The highest BCUT2D eigenvalue weighted by molar-refractivity contribution is 5.94. The van der Waals surface area contributed by atoms with Crippen LogP contribution in [0.2, 0.25) is 0 Å². The Morgan fingerprint density at radius 1 is 1.32 bits per heavy atom. The molecule has 120 valence electrons. The number of rotatable bonds is 5. The summed E-state index contributed by atoms with van der Waals surface area (Å²) in [7, 11) is 0. The summed E-state index contributed by atoms with van der Waals surface area (Å²) in [6.45, 7) is 3.32. The average molecular weight is 304 g/mol. The first kappa shape index (κ1) is 15.3. The van der Waals surface area contributed by atoms with Gasteiger partial charge in [0, 0.05) is 18.2 Å². The normalized spacial score (nSPS) is 22.5. The van der Waals surface area contributed by atoms with Crippen LogP contribution in [0.5, 0.6) is 5.75 Å². The van der Waals surface area contributed by atoms with E-state index in [4.69, 9.17) is 9.47 Å². The van der Waals surface area contributed by atoms with E-state index in [-0.39, 0.29) is 18.1 Å². The zero-order valence-corrected chi connectivity index (χ0v) is 12.8. The first-order valence-electron chi connectivity index (χ1n) is 8.17. The predicted molar refractivity (Wildman–Crippen MR) is 84.3 cm³/mol. The Bertz CT molecular complexity index is 494. The fraction of sp³-hybridized carbons (Fsp3) is 0.588. The van der Waals surface area contributed by atoms with Crippen LogP contribution in [0.3, 0.4) is 0 Å². The lowest BCUT2D eigenvalue weighted by Gasteiger charge is -2.23. The zero-order chi connectivity index (χ0) is 15.2. The lowest BCUT2D eigenvalue weighted by Crippen LogP contribution is -2.42. The van der Waals surface area contributed by atoms with Crippen LogP contribution in [-0.2, 0) is 4.74 Å². The number of ether oxygens (including phenoxy) is 2. The largest absolute Gasteiger partial charge is 0.491 e. The second-order valence-electron chi connectivity index (χ2n) is 5.97. The van der Waals surface area contributed by atoms with E-state index in [1.165, 1.54) is 0 Å². The Morgan fingerprint density at radius 2 is 2.18 bits per heavy atom. The molecule has 1 amide bonds. The molecule has 0 radical (unpaired) electrons. The summed E-state index contributed by atoms with van der Waals surface area (Å²) < 4.78 is 11.3. The highest BCUT2D eigenvalue weighted by atomic mass is 16.5. The molecule has 2 aliphatic heterocycles. The quantitative estimate of drug-likeness (QED) is 0.870. The molecule has 5 nitrogen and oxygen atoms in total. The summed E-state index contributed by atoms with van der Waals surface area (Å²) in [6.07, 6.45) is 4.32. The topological polar surface area (TPSA) is 59.6 Å². The molecule has 3 rings (SSSR count). The number of hydrogen-bond donors (Lipinski definition) is 2. The highest BCUT2D eigenvalue weighted by Gasteiger charge is 2.18. The summed E-state index contributed by atoms with van der Waals surface area (Å²) in [5, 5.41) is 6.40. The van der Waals surface area contributed by atoms with Gasteiger partial charge in [-0.3, -0.25) is 4.79 Å². The molecule has 0 bridgehead atoms. The van der Waals surface area contributed by atoms with Gasteiger partial charge < -0.3 is 20.1 Å². The van der Waals surface area contributed by atoms with Gasteiger partial charge in [0.05, 0.1) is 6.10 Å². The van der Waals surface area contributed by atoms with Crippen LogP contribution >= 0.6 is 0 Å². The van der Waals surface area contributed by atoms with Gasteiger partial charge in [0.1, 0.15) is 12.4 Å². The van der Waals surface area contributed by atoms with Gasteiger partial charge in [-0.05, 0) is 57.0 Å². The molecule has 0 aliphatic carbocycles. The molecule has 1 unspecified atom stereocenters. The fourth-order valence-electron chi connectivity index (χ4n) is 2.93. The van der Waals surface area contributed by atoms with Crippen molar-refractivity contribution in [2.24, 2.45) is 0 Å². The van der Waals surface area contributed by atoms with E-state index in [0.717, 1.165) is 51.1 Å². The lowest BCUT2D eigenvalue weighted by molar-refractivity contribution is 0.0679. The van der Waals surface area contributed by atoms with Gasteiger partial charge in [0.2, 0.25) is 0 Å². The van der Waals surface area contributed by atoms with Gasteiger partial charge in [-0.25, -0.2) is 0 Å². The standard InChI is InChI=1S/C17H24N2O3/c20-17(19-14-6-8-18-9-7-14)13-3-1-4-15(11-13)22-12-16-5-2-10-21-16/h1,3-4,11,14,16,18H,2,5-10,12H2,(H,19,20). The maximum atomic E-state index is 12.3. The Hall–Kier alpha value is -1.59. The molecule has 1 aromatic rings. The van der Waals surface area contributed by atoms with Crippen molar-refractivity contribution in [3.8, 4) is 5.75 Å². The zero-order valence-electron chi connectivity index (χ0n) is 12.8. The number of carbonyl (C=O) groups excluding carboxylic acids is 1. The molecule has 2 N–H and O–H groups in total. The molecule has 1 atom stereocenters. The summed E-state index contributed by atoms with van der Waals surface area (Å²) in [5.74, 6) is 0.711. The third-order valence-electron chi connectivity index (χ3n) is 4.23. The number of carbonyl (C=O) groups is 1. The molecule has 2 fully saturated rings. The summed E-state index contributed by atoms with van der Waals surface area (Å²) in [4.78, 5) is 12.3. The maximum absolute atomic E-state index is 12.3. The van der Waals surface area contributed by atoms with E-state index < -0.39 is 0 Å². The van der Waals surface area contributed by atoms with Crippen LogP contribution in [0.1, 0.15) is 36.0 Å². The second kappa shape index (κ2) is 7.61. The first-order valence-corrected chi connectivity index (χ1v) is 8.17. The van der Waals surface area contributed by atoms with Crippen LogP contribution in [0, 0.1) is 0 Å². The van der Waals surface area contributed by atoms with Gasteiger partial charge in [-0.15, -0.1) is 0 Å². The third kappa shape index (κ3) is 4.21.